The van der Waals surface area contributed by atoms with E-state index in [0.29, 0.717) is 10.4 Å². The first kappa shape index (κ1) is 16.7. The molecule has 0 spiro atoms. The van der Waals surface area contributed by atoms with Gasteiger partial charge in [-0.15, -0.1) is 0 Å². The van der Waals surface area contributed by atoms with Gasteiger partial charge in [0.05, 0.1) is 0 Å². The molecule has 1 aromatic carbocycles. The van der Waals surface area contributed by atoms with Crippen molar-refractivity contribution < 1.29 is 12.8 Å². The SMILES string of the molecule is CC1CCCC(NS(=O)(=O)c2cc(N)c(Br)cc2F)CC1. The Morgan fingerprint density at radius 1 is 1.29 bits per heavy atom. The van der Waals surface area contributed by atoms with E-state index in [4.69, 9.17) is 5.73 Å². The minimum Gasteiger partial charge on any atom is -0.398 e. The first-order chi connectivity index (χ1) is 9.79. The number of hydrogen-bond acceptors (Lipinski definition) is 3. The molecule has 4 nitrogen and oxygen atoms in total. The summed E-state index contributed by atoms with van der Waals surface area (Å²) in [5.41, 5.74) is 5.86. The number of nitrogens with one attached hydrogen (secondary N) is 1. The molecule has 1 aromatic rings. The van der Waals surface area contributed by atoms with Gasteiger partial charge >= 0.3 is 0 Å². The zero-order valence-electron chi connectivity index (χ0n) is 11.9. The molecule has 0 aliphatic heterocycles. The molecule has 0 radical (unpaired) electrons. The lowest BCUT2D eigenvalue weighted by atomic mass is 10.0. The Bertz CT molecular complexity index is 622. The monoisotopic (exact) mass is 378 g/mol. The Kier molecular flexibility index (Phi) is 5.27. The van der Waals surface area contributed by atoms with E-state index in [2.05, 4.69) is 27.6 Å². The quantitative estimate of drug-likeness (QED) is 0.625. The molecule has 7 heteroatoms. The molecular weight excluding hydrogens is 359 g/mol. The first-order valence-corrected chi connectivity index (χ1v) is 9.34. The maximum atomic E-state index is 13.9. The second-order valence-electron chi connectivity index (χ2n) is 5.74. The maximum Gasteiger partial charge on any atom is 0.243 e. The third kappa shape index (κ3) is 4.17. The van der Waals surface area contributed by atoms with Crippen molar-refractivity contribution in [3.8, 4) is 0 Å². The highest BCUT2D eigenvalue weighted by atomic mass is 79.9. The summed E-state index contributed by atoms with van der Waals surface area (Å²) < 4.78 is 41.6. The van der Waals surface area contributed by atoms with Gasteiger partial charge < -0.3 is 5.73 Å². The minimum atomic E-state index is -3.89. The van der Waals surface area contributed by atoms with Crippen LogP contribution in [-0.2, 0) is 10.0 Å². The molecule has 0 aromatic heterocycles. The number of hydrogen-bond donors (Lipinski definition) is 2. The number of rotatable bonds is 3. The molecule has 2 rings (SSSR count). The van der Waals surface area contributed by atoms with Crippen molar-refractivity contribution in [2.24, 2.45) is 5.92 Å². The van der Waals surface area contributed by atoms with Gasteiger partial charge in [-0.25, -0.2) is 17.5 Å². The zero-order valence-corrected chi connectivity index (χ0v) is 14.3. The molecule has 1 fully saturated rings. The largest absolute Gasteiger partial charge is 0.398 e. The molecule has 0 heterocycles. The molecule has 1 aliphatic carbocycles. The van der Waals surface area contributed by atoms with E-state index in [1.165, 1.54) is 0 Å². The molecule has 1 saturated carbocycles. The van der Waals surface area contributed by atoms with Crippen LogP contribution in [0.25, 0.3) is 0 Å². The molecule has 3 N–H and O–H groups in total. The van der Waals surface area contributed by atoms with E-state index >= 15 is 0 Å². The molecule has 118 valence electrons. The normalized spacial score (nSPS) is 23.8. The van der Waals surface area contributed by atoms with E-state index < -0.39 is 15.8 Å². The van der Waals surface area contributed by atoms with Crippen LogP contribution in [0.3, 0.4) is 0 Å². The van der Waals surface area contributed by atoms with Gasteiger partial charge in [0.15, 0.2) is 0 Å². The van der Waals surface area contributed by atoms with E-state index in [-0.39, 0.29) is 16.6 Å². The second-order valence-corrected chi connectivity index (χ2v) is 8.27. The summed E-state index contributed by atoms with van der Waals surface area (Å²) in [7, 11) is -3.89. The smallest absolute Gasteiger partial charge is 0.243 e. The summed E-state index contributed by atoms with van der Waals surface area (Å²) in [6.45, 7) is 2.17. The third-order valence-electron chi connectivity index (χ3n) is 3.92. The summed E-state index contributed by atoms with van der Waals surface area (Å²) in [6.07, 6.45) is 4.65. The van der Waals surface area contributed by atoms with Gasteiger partial charge in [0.1, 0.15) is 10.7 Å². The highest BCUT2D eigenvalue weighted by Gasteiger charge is 2.25. The maximum absolute atomic E-state index is 13.9. The molecular formula is C14H20BrFN2O2S. The lowest BCUT2D eigenvalue weighted by Crippen LogP contribution is -2.35. The predicted molar refractivity (Wildman–Crippen MR) is 84.9 cm³/mol. The Morgan fingerprint density at radius 2 is 2.00 bits per heavy atom. The average Bonchev–Trinajstić information content (AvgIpc) is 2.58. The molecule has 1 aliphatic rings. The molecule has 21 heavy (non-hydrogen) atoms. The summed E-state index contributed by atoms with van der Waals surface area (Å²) in [5, 5.41) is 0. The third-order valence-corrected chi connectivity index (χ3v) is 6.14. The van der Waals surface area contributed by atoms with Crippen LogP contribution in [0, 0.1) is 11.7 Å². The van der Waals surface area contributed by atoms with Crippen molar-refractivity contribution >= 4 is 31.6 Å². The minimum absolute atomic E-state index is 0.135. The Morgan fingerprint density at radius 3 is 2.71 bits per heavy atom. The summed E-state index contributed by atoms with van der Waals surface area (Å²) in [4.78, 5) is -0.388. The van der Waals surface area contributed by atoms with E-state index in [9.17, 15) is 12.8 Å². The number of halogens is 2. The van der Waals surface area contributed by atoms with E-state index in [1.54, 1.807) is 0 Å². The van der Waals surface area contributed by atoms with Crippen molar-refractivity contribution in [3.05, 3.63) is 22.4 Å². The van der Waals surface area contributed by atoms with Crippen LogP contribution < -0.4 is 10.5 Å². The Labute approximate surface area is 133 Å². The molecule has 0 saturated heterocycles. The number of anilines is 1. The lowest BCUT2D eigenvalue weighted by Gasteiger charge is -2.17. The second kappa shape index (κ2) is 6.62. The summed E-state index contributed by atoms with van der Waals surface area (Å²) >= 11 is 3.08. The van der Waals surface area contributed by atoms with Crippen LogP contribution in [0.15, 0.2) is 21.5 Å². The van der Waals surface area contributed by atoms with E-state index in [0.717, 1.165) is 44.2 Å². The van der Waals surface area contributed by atoms with Crippen LogP contribution in [0.2, 0.25) is 0 Å². The van der Waals surface area contributed by atoms with Crippen LogP contribution in [0.5, 0.6) is 0 Å². The number of nitrogens with two attached hydrogens (primary N) is 1. The van der Waals surface area contributed by atoms with Crippen molar-refractivity contribution in [1.29, 1.82) is 0 Å². The Hall–Kier alpha value is -0.660. The van der Waals surface area contributed by atoms with Gasteiger partial charge in [-0.1, -0.05) is 19.8 Å². The van der Waals surface area contributed by atoms with Gasteiger partial charge in [0, 0.05) is 16.2 Å². The topological polar surface area (TPSA) is 72.2 Å². The Balaban J connectivity index is 2.20. The van der Waals surface area contributed by atoms with Crippen molar-refractivity contribution in [3.63, 3.8) is 0 Å². The van der Waals surface area contributed by atoms with Gasteiger partial charge in [-0.3, -0.25) is 0 Å². The molecule has 2 unspecified atom stereocenters. The number of nitrogen functional groups attached to an aromatic ring is 1. The predicted octanol–water partition coefficient (Wildman–Crippen LogP) is 3.42. The van der Waals surface area contributed by atoms with Crippen LogP contribution in [0.4, 0.5) is 10.1 Å². The molecule has 0 amide bonds. The lowest BCUT2D eigenvalue weighted by molar-refractivity contribution is 0.482. The molecule has 0 bridgehead atoms. The van der Waals surface area contributed by atoms with Crippen molar-refractivity contribution in [2.75, 3.05) is 5.73 Å². The van der Waals surface area contributed by atoms with Crippen LogP contribution >= 0.6 is 15.9 Å². The first-order valence-electron chi connectivity index (χ1n) is 7.06. The van der Waals surface area contributed by atoms with Gasteiger partial charge in [0.2, 0.25) is 10.0 Å². The molecule has 2 atom stereocenters. The number of benzene rings is 1. The highest BCUT2D eigenvalue weighted by molar-refractivity contribution is 9.10. The standard InChI is InChI=1S/C14H20BrFN2O2S/c1-9-3-2-4-10(6-5-9)18-21(19,20)14-8-13(17)11(15)7-12(14)16/h7-10,18H,2-6,17H2,1H3. The fraction of sp³-hybridized carbons (Fsp3) is 0.571. The average molecular weight is 379 g/mol. The fourth-order valence-electron chi connectivity index (χ4n) is 2.64. The van der Waals surface area contributed by atoms with Gasteiger partial charge in [-0.05, 0) is 53.2 Å². The van der Waals surface area contributed by atoms with Gasteiger partial charge in [0.25, 0.3) is 0 Å². The number of sulfonamides is 1. The summed E-state index contributed by atoms with van der Waals surface area (Å²) in [6, 6.07) is 2.10. The van der Waals surface area contributed by atoms with E-state index in [1.807, 2.05) is 0 Å². The van der Waals surface area contributed by atoms with Crippen molar-refractivity contribution in [1.82, 2.24) is 4.72 Å². The highest BCUT2D eigenvalue weighted by Crippen LogP contribution is 2.28. The zero-order chi connectivity index (χ0) is 15.6. The summed E-state index contributed by atoms with van der Waals surface area (Å²) in [5.74, 6) is -0.190. The fourth-order valence-corrected chi connectivity index (χ4v) is 4.35. The van der Waals surface area contributed by atoms with Crippen LogP contribution in [-0.4, -0.2) is 14.5 Å². The van der Waals surface area contributed by atoms with Gasteiger partial charge in [-0.2, -0.15) is 0 Å². The van der Waals surface area contributed by atoms with Crippen LogP contribution in [0.1, 0.15) is 39.0 Å². The van der Waals surface area contributed by atoms with Crippen molar-refractivity contribution in [2.45, 2.75) is 50.0 Å².